The summed E-state index contributed by atoms with van der Waals surface area (Å²) in [6, 6.07) is 0. The van der Waals surface area contributed by atoms with Crippen LogP contribution < -0.4 is 0 Å². The van der Waals surface area contributed by atoms with E-state index in [1.165, 1.54) is 6.42 Å². The molecule has 0 aromatic heterocycles. The zero-order valence-electron chi connectivity index (χ0n) is 28.3. The second kappa shape index (κ2) is 13.4. The lowest BCUT2D eigenvalue weighted by Gasteiger charge is -2.62. The molecule has 246 valence electrons. The Hall–Kier alpha value is -1.63. The van der Waals surface area contributed by atoms with E-state index in [1.807, 2.05) is 34.6 Å². The van der Waals surface area contributed by atoms with Crippen molar-refractivity contribution < 1.29 is 33.7 Å². The average molecular weight is 605 g/mol. The molecule has 43 heavy (non-hydrogen) atoms. The highest BCUT2D eigenvalue weighted by Gasteiger charge is 2.63. The van der Waals surface area contributed by atoms with Gasteiger partial charge in [0.25, 0.3) is 0 Å². The minimum Gasteiger partial charge on any atom is -0.465 e. The van der Waals surface area contributed by atoms with E-state index in [9.17, 15) is 19.5 Å². The van der Waals surface area contributed by atoms with Crippen LogP contribution in [0.2, 0.25) is 0 Å². The van der Waals surface area contributed by atoms with Crippen LogP contribution in [0.5, 0.6) is 0 Å². The first-order valence-electron chi connectivity index (χ1n) is 17.3. The van der Waals surface area contributed by atoms with Crippen LogP contribution in [-0.2, 0) is 28.6 Å². The van der Waals surface area contributed by atoms with E-state index in [2.05, 4.69) is 20.8 Å². The third-order valence-electron chi connectivity index (χ3n) is 12.5. The van der Waals surface area contributed by atoms with E-state index in [-0.39, 0.29) is 59.9 Å². The van der Waals surface area contributed by atoms with Gasteiger partial charge in [-0.3, -0.25) is 14.4 Å². The molecule has 7 heteroatoms. The van der Waals surface area contributed by atoms with Gasteiger partial charge in [0.2, 0.25) is 0 Å². The molecule has 7 nitrogen and oxygen atoms in total. The Bertz CT molecular complexity index is 1000. The summed E-state index contributed by atoms with van der Waals surface area (Å²) >= 11 is 0. The molecule has 0 saturated heterocycles. The summed E-state index contributed by atoms with van der Waals surface area (Å²) in [5.41, 5.74) is -0.174. The fourth-order valence-corrected chi connectivity index (χ4v) is 9.97. The molecule has 4 aliphatic rings. The topological polar surface area (TPSA) is 99.1 Å². The van der Waals surface area contributed by atoms with Gasteiger partial charge in [0.1, 0.15) is 18.3 Å². The van der Waals surface area contributed by atoms with Crippen LogP contribution in [0.3, 0.4) is 0 Å². The maximum absolute atomic E-state index is 12.5. The number of hydrogen-bond donors (Lipinski definition) is 1. The van der Waals surface area contributed by atoms with Crippen molar-refractivity contribution in [2.24, 2.45) is 52.3 Å². The third kappa shape index (κ3) is 7.44. The van der Waals surface area contributed by atoms with Crippen molar-refractivity contribution in [3.05, 3.63) is 0 Å². The highest BCUT2D eigenvalue weighted by Crippen LogP contribution is 2.68. The number of fused-ring (bicyclic) bond motifs is 5. The number of aliphatic hydroxyl groups is 1. The molecule has 1 N–H and O–H groups in total. The highest BCUT2D eigenvalue weighted by atomic mass is 16.6. The van der Waals surface area contributed by atoms with Crippen LogP contribution in [0.1, 0.15) is 132 Å². The molecule has 4 aliphatic carbocycles. The van der Waals surface area contributed by atoms with Gasteiger partial charge in [0.15, 0.2) is 0 Å². The molecule has 0 aromatic carbocycles. The standard InChI is InChI=1S/C36H60O7/c1-9-22(2)33(40)42-25-14-17-35(7)24(20-25)21-29(37)32-27-12-11-26(36(27,8)18-15-28(32)35)23(3)10-13-30(38)41-19-16-31(39)43-34(4,5)6/h22-29,32,37H,9-21H2,1-8H3/t22?,23?,24?,25?,26?,27?,28?,29?,32?,35-,36+/m0/s1. The minimum absolute atomic E-state index is 0.0158. The summed E-state index contributed by atoms with van der Waals surface area (Å²) in [6.45, 7) is 16.7. The van der Waals surface area contributed by atoms with Gasteiger partial charge in [-0.2, -0.15) is 0 Å². The molecule has 9 unspecified atom stereocenters. The van der Waals surface area contributed by atoms with Crippen molar-refractivity contribution in [1.29, 1.82) is 0 Å². The average Bonchev–Trinajstić information content (AvgIpc) is 3.28. The Morgan fingerprint density at radius 3 is 2.26 bits per heavy atom. The first-order chi connectivity index (χ1) is 20.1. The SMILES string of the molecule is CCC(C)C(=O)OC1CC[C@@]2(C)C(C1)CC(O)C1C3CCC(C(C)CCC(=O)OCCC(=O)OC(C)(C)C)[C@@]3(C)CCC12. The Balaban J connectivity index is 1.31. The monoisotopic (exact) mass is 604 g/mol. The van der Waals surface area contributed by atoms with E-state index in [0.29, 0.717) is 41.9 Å². The molecule has 0 heterocycles. The Morgan fingerprint density at radius 2 is 1.58 bits per heavy atom. The van der Waals surface area contributed by atoms with Crippen LogP contribution in [0.15, 0.2) is 0 Å². The molecule has 11 atom stereocenters. The molecular weight excluding hydrogens is 544 g/mol. The predicted molar refractivity (Wildman–Crippen MR) is 166 cm³/mol. The number of hydrogen-bond acceptors (Lipinski definition) is 7. The van der Waals surface area contributed by atoms with Crippen LogP contribution in [0.25, 0.3) is 0 Å². The maximum Gasteiger partial charge on any atom is 0.309 e. The van der Waals surface area contributed by atoms with Crippen molar-refractivity contribution in [1.82, 2.24) is 0 Å². The summed E-state index contributed by atoms with van der Waals surface area (Å²) in [5.74, 6) is 1.95. The van der Waals surface area contributed by atoms with Gasteiger partial charge in [0.05, 0.1) is 18.4 Å². The summed E-state index contributed by atoms with van der Waals surface area (Å²) in [5, 5.41) is 11.7. The van der Waals surface area contributed by atoms with E-state index in [0.717, 1.165) is 57.8 Å². The van der Waals surface area contributed by atoms with Gasteiger partial charge >= 0.3 is 17.9 Å². The fraction of sp³-hybridized carbons (Fsp3) is 0.917. The number of ether oxygens (including phenoxy) is 3. The van der Waals surface area contributed by atoms with Crippen LogP contribution in [-0.4, -0.2) is 47.4 Å². The summed E-state index contributed by atoms with van der Waals surface area (Å²) in [7, 11) is 0. The summed E-state index contributed by atoms with van der Waals surface area (Å²) in [4.78, 5) is 36.9. The van der Waals surface area contributed by atoms with Gasteiger partial charge in [-0.1, -0.05) is 34.6 Å². The smallest absolute Gasteiger partial charge is 0.309 e. The molecule has 4 fully saturated rings. The summed E-state index contributed by atoms with van der Waals surface area (Å²) in [6.07, 6.45) is 10.0. The zero-order chi connectivity index (χ0) is 31.7. The van der Waals surface area contributed by atoms with E-state index >= 15 is 0 Å². The molecular formula is C36H60O7. The van der Waals surface area contributed by atoms with Crippen molar-refractivity contribution >= 4 is 17.9 Å². The second-order valence-electron chi connectivity index (χ2n) is 16.2. The number of carbonyl (C=O) groups is 3. The third-order valence-corrected chi connectivity index (χ3v) is 12.5. The number of esters is 3. The first kappa shape index (κ1) is 34.2. The quantitative estimate of drug-likeness (QED) is 0.207. The molecule has 0 radical (unpaired) electrons. The molecule has 0 amide bonds. The second-order valence-corrected chi connectivity index (χ2v) is 16.2. The predicted octanol–water partition coefficient (Wildman–Crippen LogP) is 7.27. The molecule has 0 bridgehead atoms. The van der Waals surface area contributed by atoms with Crippen molar-refractivity contribution in [2.45, 2.75) is 150 Å². The molecule has 4 rings (SSSR count). The van der Waals surface area contributed by atoms with E-state index in [4.69, 9.17) is 14.2 Å². The van der Waals surface area contributed by atoms with Crippen LogP contribution in [0, 0.1) is 52.3 Å². The first-order valence-corrected chi connectivity index (χ1v) is 17.3. The van der Waals surface area contributed by atoms with Crippen LogP contribution in [0.4, 0.5) is 0 Å². The Kier molecular flexibility index (Phi) is 10.7. The molecule has 0 spiro atoms. The van der Waals surface area contributed by atoms with Crippen molar-refractivity contribution in [3.63, 3.8) is 0 Å². The van der Waals surface area contributed by atoms with E-state index < -0.39 is 5.60 Å². The molecule has 0 aromatic rings. The molecule has 0 aliphatic heterocycles. The fourth-order valence-electron chi connectivity index (χ4n) is 9.97. The lowest BCUT2D eigenvalue weighted by Crippen LogP contribution is -2.58. The van der Waals surface area contributed by atoms with Gasteiger partial charge < -0.3 is 19.3 Å². The van der Waals surface area contributed by atoms with Crippen molar-refractivity contribution in [2.75, 3.05) is 6.61 Å². The number of carbonyl (C=O) groups excluding carboxylic acids is 3. The molecule has 4 saturated carbocycles. The maximum atomic E-state index is 12.5. The zero-order valence-corrected chi connectivity index (χ0v) is 28.3. The van der Waals surface area contributed by atoms with Gasteiger partial charge in [-0.05, 0) is 131 Å². The Labute approximate surface area is 260 Å². The largest absolute Gasteiger partial charge is 0.465 e. The Morgan fingerprint density at radius 1 is 0.907 bits per heavy atom. The van der Waals surface area contributed by atoms with Crippen molar-refractivity contribution in [3.8, 4) is 0 Å². The van der Waals surface area contributed by atoms with E-state index in [1.54, 1.807) is 0 Å². The number of rotatable bonds is 10. The lowest BCUT2D eigenvalue weighted by atomic mass is 9.43. The normalized spacial score (nSPS) is 38.6. The van der Waals surface area contributed by atoms with Gasteiger partial charge in [-0.15, -0.1) is 0 Å². The highest BCUT2D eigenvalue weighted by molar-refractivity contribution is 5.72. The van der Waals surface area contributed by atoms with Crippen LogP contribution >= 0.6 is 0 Å². The minimum atomic E-state index is -0.541. The van der Waals surface area contributed by atoms with Gasteiger partial charge in [-0.25, -0.2) is 0 Å². The van der Waals surface area contributed by atoms with Gasteiger partial charge in [0, 0.05) is 6.42 Å². The number of aliphatic hydroxyl groups excluding tert-OH is 1. The summed E-state index contributed by atoms with van der Waals surface area (Å²) < 4.78 is 16.6. The lowest BCUT2D eigenvalue weighted by molar-refractivity contribution is -0.184.